The number of hydrogen-bond acceptors (Lipinski definition) is 0. The number of nitrogens with zero attached hydrogens (tertiary/aromatic N) is 2. The standard InChI is InChI=1S/C25H37N2P/c1-2-13-24(28(26-18-9-10-19-26)27-20-11-12-21-27)25(22-14-5-3-6-15-22)23-16-7-4-8-17-23/h9-12,18-23H,2-8,13-17H2,1H3. The SMILES string of the molecule is CCCC(=C(C1CCCCC1)C1CCCCC1)P(n1cccc1)n1cccc1. The van der Waals surface area contributed by atoms with Crippen LogP contribution in [0.5, 0.6) is 0 Å². The van der Waals surface area contributed by atoms with E-state index in [0.717, 1.165) is 11.8 Å². The van der Waals surface area contributed by atoms with Crippen molar-refractivity contribution in [3.8, 4) is 0 Å². The Hall–Kier alpha value is -1.27. The van der Waals surface area contributed by atoms with E-state index in [4.69, 9.17) is 0 Å². The van der Waals surface area contributed by atoms with Crippen molar-refractivity contribution in [2.24, 2.45) is 11.8 Å². The van der Waals surface area contributed by atoms with Crippen molar-refractivity contribution in [1.29, 1.82) is 0 Å². The van der Waals surface area contributed by atoms with Crippen LogP contribution in [0.15, 0.2) is 59.9 Å². The summed E-state index contributed by atoms with van der Waals surface area (Å²) in [6, 6.07) is 8.79. The van der Waals surface area contributed by atoms with E-state index in [1.165, 1.54) is 77.0 Å². The van der Waals surface area contributed by atoms with Crippen molar-refractivity contribution in [3.63, 3.8) is 0 Å². The van der Waals surface area contributed by atoms with Crippen LogP contribution in [0.25, 0.3) is 0 Å². The van der Waals surface area contributed by atoms with Gasteiger partial charge in [0.2, 0.25) is 0 Å². The first-order valence-electron chi connectivity index (χ1n) is 11.7. The smallest absolute Gasteiger partial charge is 0.132 e. The lowest BCUT2D eigenvalue weighted by atomic mass is 9.73. The lowest BCUT2D eigenvalue weighted by molar-refractivity contribution is 0.324. The molecule has 0 saturated heterocycles. The zero-order chi connectivity index (χ0) is 19.2. The summed E-state index contributed by atoms with van der Waals surface area (Å²) in [7, 11) is -0.522. The third kappa shape index (κ3) is 4.48. The molecule has 2 aliphatic rings. The normalized spacial score (nSPS) is 19.2. The molecule has 2 nitrogen and oxygen atoms in total. The molecule has 3 heteroatoms. The number of allylic oxidation sites excluding steroid dienone is 2. The van der Waals surface area contributed by atoms with Gasteiger partial charge in [-0.3, -0.25) is 0 Å². The molecule has 2 fully saturated rings. The molecule has 0 N–H and O–H groups in total. The van der Waals surface area contributed by atoms with Crippen molar-refractivity contribution in [2.75, 3.05) is 0 Å². The number of rotatable bonds is 7. The van der Waals surface area contributed by atoms with Gasteiger partial charge in [0.05, 0.1) is 0 Å². The monoisotopic (exact) mass is 396 g/mol. The maximum absolute atomic E-state index is 2.51. The quantitative estimate of drug-likeness (QED) is 0.417. The van der Waals surface area contributed by atoms with Gasteiger partial charge in [-0.25, -0.2) is 0 Å². The van der Waals surface area contributed by atoms with E-state index in [-0.39, 0.29) is 0 Å². The van der Waals surface area contributed by atoms with Gasteiger partial charge in [-0.05, 0) is 73.5 Å². The fraction of sp³-hybridized carbons (Fsp3) is 0.600. The second-order valence-electron chi connectivity index (χ2n) is 8.74. The van der Waals surface area contributed by atoms with Crippen molar-refractivity contribution >= 4 is 8.22 Å². The third-order valence-corrected chi connectivity index (χ3v) is 9.14. The van der Waals surface area contributed by atoms with E-state index in [1.54, 1.807) is 5.31 Å². The molecule has 0 bridgehead atoms. The van der Waals surface area contributed by atoms with Crippen LogP contribution in [0, 0.1) is 11.8 Å². The molecule has 2 saturated carbocycles. The first-order chi connectivity index (χ1) is 13.9. The lowest BCUT2D eigenvalue weighted by Gasteiger charge is -2.37. The zero-order valence-electron chi connectivity index (χ0n) is 17.6. The second-order valence-corrected chi connectivity index (χ2v) is 10.8. The Morgan fingerprint density at radius 3 is 1.54 bits per heavy atom. The lowest BCUT2D eigenvalue weighted by Crippen LogP contribution is -2.21. The van der Waals surface area contributed by atoms with Crippen LogP contribution < -0.4 is 0 Å². The van der Waals surface area contributed by atoms with Gasteiger partial charge in [0, 0.05) is 24.8 Å². The second kappa shape index (κ2) is 9.97. The van der Waals surface area contributed by atoms with Crippen LogP contribution in [0.3, 0.4) is 0 Å². The molecule has 2 aromatic heterocycles. The summed E-state index contributed by atoms with van der Waals surface area (Å²) < 4.78 is 5.01. The number of hydrogen-bond donors (Lipinski definition) is 0. The number of aromatic nitrogens is 2. The summed E-state index contributed by atoms with van der Waals surface area (Å²) in [6.45, 7) is 2.37. The zero-order valence-corrected chi connectivity index (χ0v) is 18.5. The summed E-state index contributed by atoms with van der Waals surface area (Å²) in [5.41, 5.74) is 1.91. The Labute approximate surface area is 172 Å². The van der Waals surface area contributed by atoms with Crippen molar-refractivity contribution in [1.82, 2.24) is 8.68 Å². The van der Waals surface area contributed by atoms with Crippen LogP contribution in [0.1, 0.15) is 84.0 Å². The molecule has 2 aromatic rings. The van der Waals surface area contributed by atoms with Crippen LogP contribution in [0.2, 0.25) is 0 Å². The van der Waals surface area contributed by atoms with E-state index >= 15 is 0 Å². The van der Waals surface area contributed by atoms with Crippen LogP contribution in [-0.4, -0.2) is 8.68 Å². The molecule has 0 aromatic carbocycles. The average Bonchev–Trinajstić information content (AvgIpc) is 3.45. The van der Waals surface area contributed by atoms with Gasteiger partial charge < -0.3 is 8.68 Å². The summed E-state index contributed by atoms with van der Waals surface area (Å²) in [5.74, 6) is 1.68. The van der Waals surface area contributed by atoms with Gasteiger partial charge in [0.1, 0.15) is 8.22 Å². The Bertz CT molecular complexity index is 662. The minimum Gasteiger partial charge on any atom is -0.312 e. The molecule has 4 rings (SSSR count). The topological polar surface area (TPSA) is 9.86 Å². The maximum atomic E-state index is 2.51. The predicted molar refractivity (Wildman–Crippen MR) is 122 cm³/mol. The van der Waals surface area contributed by atoms with Crippen molar-refractivity contribution < 1.29 is 0 Å². The van der Waals surface area contributed by atoms with Gasteiger partial charge in [0.15, 0.2) is 0 Å². The molecular formula is C25H37N2P. The van der Waals surface area contributed by atoms with E-state index in [1.807, 2.05) is 5.57 Å². The van der Waals surface area contributed by atoms with E-state index in [2.05, 4.69) is 64.7 Å². The molecular weight excluding hydrogens is 359 g/mol. The highest BCUT2D eigenvalue weighted by Gasteiger charge is 2.32. The highest BCUT2D eigenvalue weighted by atomic mass is 31.1. The molecule has 0 radical (unpaired) electrons. The summed E-state index contributed by atoms with van der Waals surface area (Å²) in [5, 5.41) is 1.80. The Morgan fingerprint density at radius 2 is 1.14 bits per heavy atom. The van der Waals surface area contributed by atoms with E-state index in [9.17, 15) is 0 Å². The molecule has 2 aliphatic carbocycles. The Morgan fingerprint density at radius 1 is 0.714 bits per heavy atom. The molecule has 2 heterocycles. The summed E-state index contributed by atoms with van der Waals surface area (Å²) in [6.07, 6.45) is 26.0. The highest BCUT2D eigenvalue weighted by molar-refractivity contribution is 7.59. The van der Waals surface area contributed by atoms with E-state index in [0.29, 0.717) is 0 Å². The van der Waals surface area contributed by atoms with Gasteiger partial charge in [-0.15, -0.1) is 0 Å². The molecule has 0 atom stereocenters. The maximum Gasteiger partial charge on any atom is 0.132 e. The predicted octanol–water partition coefficient (Wildman–Crippen LogP) is 8.21. The van der Waals surface area contributed by atoms with Gasteiger partial charge in [-0.2, -0.15) is 0 Å². The fourth-order valence-corrected chi connectivity index (χ4v) is 8.16. The third-order valence-electron chi connectivity index (χ3n) is 6.77. The molecule has 152 valence electrons. The first-order valence-corrected chi connectivity index (χ1v) is 12.9. The summed E-state index contributed by atoms with van der Waals surface area (Å²) >= 11 is 0. The van der Waals surface area contributed by atoms with Crippen molar-refractivity contribution in [3.05, 3.63) is 59.9 Å². The minimum absolute atomic E-state index is 0.522. The largest absolute Gasteiger partial charge is 0.312 e. The first kappa shape index (κ1) is 20.0. The minimum atomic E-state index is -0.522. The Kier molecular flexibility index (Phi) is 7.13. The fourth-order valence-electron chi connectivity index (χ4n) is 5.53. The van der Waals surface area contributed by atoms with Crippen molar-refractivity contribution in [2.45, 2.75) is 84.0 Å². The molecule has 0 amide bonds. The molecule has 28 heavy (non-hydrogen) atoms. The molecule has 0 spiro atoms. The molecule has 0 unspecified atom stereocenters. The van der Waals surface area contributed by atoms with Crippen LogP contribution in [-0.2, 0) is 0 Å². The molecule has 0 aliphatic heterocycles. The van der Waals surface area contributed by atoms with Crippen LogP contribution >= 0.6 is 8.22 Å². The van der Waals surface area contributed by atoms with E-state index < -0.39 is 8.22 Å². The summed E-state index contributed by atoms with van der Waals surface area (Å²) in [4.78, 5) is 0. The van der Waals surface area contributed by atoms with Gasteiger partial charge in [0.25, 0.3) is 0 Å². The average molecular weight is 397 g/mol. The highest BCUT2D eigenvalue weighted by Crippen LogP contribution is 2.55. The van der Waals surface area contributed by atoms with Gasteiger partial charge >= 0.3 is 0 Å². The van der Waals surface area contributed by atoms with Gasteiger partial charge in [-0.1, -0.05) is 57.4 Å². The van der Waals surface area contributed by atoms with Crippen LogP contribution in [0.4, 0.5) is 0 Å². The Balaban J connectivity index is 1.83.